The van der Waals surface area contributed by atoms with Crippen LogP contribution in [0.15, 0.2) is 30.3 Å². The van der Waals surface area contributed by atoms with E-state index in [0.29, 0.717) is 18.7 Å². The van der Waals surface area contributed by atoms with Crippen LogP contribution in [0, 0.1) is 0 Å². The Bertz CT molecular complexity index is 537. The first-order valence-electron chi connectivity index (χ1n) is 9.06. The van der Waals surface area contributed by atoms with Crippen LogP contribution in [0.1, 0.15) is 38.2 Å². The van der Waals surface area contributed by atoms with Crippen LogP contribution in [0.25, 0.3) is 0 Å². The van der Waals surface area contributed by atoms with Crippen LogP contribution in [0.5, 0.6) is 0 Å². The number of urea groups is 1. The minimum Gasteiger partial charge on any atom is -0.373 e. The van der Waals surface area contributed by atoms with Gasteiger partial charge in [0.25, 0.3) is 0 Å². The molecule has 1 aromatic rings. The van der Waals surface area contributed by atoms with Gasteiger partial charge in [-0.05, 0) is 45.2 Å². The van der Waals surface area contributed by atoms with Gasteiger partial charge in [-0.25, -0.2) is 4.79 Å². The normalized spacial score (nSPS) is 26.5. The maximum atomic E-state index is 12.0. The first-order valence-corrected chi connectivity index (χ1v) is 9.06. The summed E-state index contributed by atoms with van der Waals surface area (Å²) in [4.78, 5) is 14.3. The standard InChI is InChI=1S/C19H29N3O2/c1-14(22(2)13-15-6-4-3-5-7-15)10-11-20-19(23)21-17-12-16-8-9-18(17)24-16/h3-7,14,16-18H,8-13H2,1-2H3,(H2,20,21,23)/t14-,16-,17+,18-/m1/s1. The Hall–Kier alpha value is -1.59. The van der Waals surface area contributed by atoms with Crippen LogP contribution < -0.4 is 10.6 Å². The molecule has 2 bridgehead atoms. The molecule has 0 spiro atoms. The number of fused-ring (bicyclic) bond motifs is 2. The fourth-order valence-electron chi connectivity index (χ4n) is 3.65. The van der Waals surface area contributed by atoms with Gasteiger partial charge in [0.2, 0.25) is 0 Å². The minimum atomic E-state index is -0.0611. The first kappa shape index (κ1) is 17.2. The summed E-state index contributed by atoms with van der Waals surface area (Å²) in [6.07, 6.45) is 4.73. The zero-order valence-electron chi connectivity index (χ0n) is 14.7. The lowest BCUT2D eigenvalue weighted by Crippen LogP contribution is -2.47. The molecule has 0 aliphatic carbocycles. The van der Waals surface area contributed by atoms with E-state index in [9.17, 15) is 4.79 Å². The molecule has 2 N–H and O–H groups in total. The van der Waals surface area contributed by atoms with Gasteiger partial charge in [-0.3, -0.25) is 4.90 Å². The number of benzene rings is 1. The molecule has 2 aliphatic rings. The van der Waals surface area contributed by atoms with Crippen LogP contribution in [-0.2, 0) is 11.3 Å². The molecule has 3 rings (SSSR count). The van der Waals surface area contributed by atoms with Gasteiger partial charge < -0.3 is 15.4 Å². The van der Waals surface area contributed by atoms with Gasteiger partial charge in [0.15, 0.2) is 0 Å². The van der Waals surface area contributed by atoms with Crippen molar-refractivity contribution in [1.29, 1.82) is 0 Å². The van der Waals surface area contributed by atoms with E-state index in [4.69, 9.17) is 4.74 Å². The highest BCUT2D eigenvalue weighted by Gasteiger charge is 2.41. The Morgan fingerprint density at radius 3 is 2.79 bits per heavy atom. The van der Waals surface area contributed by atoms with Crippen molar-refractivity contribution in [3.63, 3.8) is 0 Å². The molecule has 2 amide bonds. The van der Waals surface area contributed by atoms with Gasteiger partial charge in [-0.1, -0.05) is 30.3 Å². The molecule has 1 aromatic carbocycles. The summed E-state index contributed by atoms with van der Waals surface area (Å²) in [5.74, 6) is 0. The van der Waals surface area contributed by atoms with Crippen LogP contribution in [0.4, 0.5) is 4.79 Å². The molecule has 2 aliphatic heterocycles. The molecule has 0 saturated carbocycles. The summed E-state index contributed by atoms with van der Waals surface area (Å²) in [7, 11) is 2.13. The quantitative estimate of drug-likeness (QED) is 0.807. The average molecular weight is 331 g/mol. The number of hydrogen-bond donors (Lipinski definition) is 2. The Labute approximate surface area is 144 Å². The van der Waals surface area contributed by atoms with Crippen LogP contribution >= 0.6 is 0 Å². The summed E-state index contributed by atoms with van der Waals surface area (Å²) < 4.78 is 5.77. The number of amides is 2. The number of hydrogen-bond acceptors (Lipinski definition) is 3. The second-order valence-corrected chi connectivity index (χ2v) is 7.15. The highest BCUT2D eigenvalue weighted by Crippen LogP contribution is 2.34. The van der Waals surface area contributed by atoms with Crippen molar-refractivity contribution in [3.8, 4) is 0 Å². The molecular weight excluding hydrogens is 302 g/mol. The van der Waals surface area contributed by atoms with Crippen molar-refractivity contribution >= 4 is 6.03 Å². The lowest BCUT2D eigenvalue weighted by Gasteiger charge is -2.25. The van der Waals surface area contributed by atoms with Crippen molar-refractivity contribution in [2.24, 2.45) is 0 Å². The number of ether oxygens (including phenoxy) is 1. The molecule has 0 unspecified atom stereocenters. The maximum Gasteiger partial charge on any atom is 0.315 e. The number of rotatable bonds is 7. The molecule has 5 nitrogen and oxygen atoms in total. The zero-order valence-corrected chi connectivity index (χ0v) is 14.7. The Kier molecular flexibility index (Phi) is 5.74. The van der Waals surface area contributed by atoms with Gasteiger partial charge in [0.05, 0.1) is 18.2 Å². The Morgan fingerprint density at radius 1 is 1.33 bits per heavy atom. The van der Waals surface area contributed by atoms with E-state index in [2.05, 4.69) is 53.8 Å². The van der Waals surface area contributed by atoms with E-state index < -0.39 is 0 Å². The lowest BCUT2D eigenvalue weighted by atomic mass is 9.96. The molecular formula is C19H29N3O2. The molecule has 2 heterocycles. The van der Waals surface area contributed by atoms with Crippen molar-refractivity contribution in [2.45, 2.75) is 63.4 Å². The largest absolute Gasteiger partial charge is 0.373 e. The maximum absolute atomic E-state index is 12.0. The number of nitrogens with one attached hydrogen (secondary N) is 2. The van der Waals surface area contributed by atoms with Crippen molar-refractivity contribution < 1.29 is 9.53 Å². The molecule has 24 heavy (non-hydrogen) atoms. The number of nitrogens with zero attached hydrogens (tertiary/aromatic N) is 1. The van der Waals surface area contributed by atoms with Crippen molar-refractivity contribution in [3.05, 3.63) is 35.9 Å². The fraction of sp³-hybridized carbons (Fsp3) is 0.632. The van der Waals surface area contributed by atoms with E-state index in [0.717, 1.165) is 32.2 Å². The van der Waals surface area contributed by atoms with Gasteiger partial charge >= 0.3 is 6.03 Å². The molecule has 2 saturated heterocycles. The SMILES string of the molecule is C[C@H](CCNC(=O)N[C@H]1C[C@H]2CC[C@H]1O2)N(C)Cc1ccccc1. The third-order valence-electron chi connectivity index (χ3n) is 5.30. The predicted molar refractivity (Wildman–Crippen MR) is 94.8 cm³/mol. The smallest absolute Gasteiger partial charge is 0.315 e. The van der Waals surface area contributed by atoms with Crippen LogP contribution in [0.2, 0.25) is 0 Å². The fourth-order valence-corrected chi connectivity index (χ4v) is 3.65. The average Bonchev–Trinajstić information content (AvgIpc) is 3.18. The molecule has 132 valence electrons. The molecule has 4 atom stereocenters. The van der Waals surface area contributed by atoms with Crippen LogP contribution in [0.3, 0.4) is 0 Å². The van der Waals surface area contributed by atoms with E-state index in [1.807, 2.05) is 6.07 Å². The minimum absolute atomic E-state index is 0.0611. The summed E-state index contributed by atoms with van der Waals surface area (Å²) in [5.41, 5.74) is 1.31. The lowest BCUT2D eigenvalue weighted by molar-refractivity contribution is 0.0981. The third-order valence-corrected chi connectivity index (χ3v) is 5.30. The molecule has 0 aromatic heterocycles. The van der Waals surface area contributed by atoms with Gasteiger partial charge in [0, 0.05) is 19.1 Å². The third kappa shape index (κ3) is 4.48. The predicted octanol–water partition coefficient (Wildman–Crippen LogP) is 2.52. The number of carbonyl (C=O) groups is 1. The second kappa shape index (κ2) is 7.99. The first-order chi connectivity index (χ1) is 11.6. The molecule has 0 radical (unpaired) electrons. The van der Waals surface area contributed by atoms with Crippen LogP contribution in [-0.4, -0.2) is 48.8 Å². The van der Waals surface area contributed by atoms with Crippen molar-refractivity contribution in [1.82, 2.24) is 15.5 Å². The van der Waals surface area contributed by atoms with E-state index in [1.54, 1.807) is 0 Å². The summed E-state index contributed by atoms with van der Waals surface area (Å²) in [6.45, 7) is 3.82. The summed E-state index contributed by atoms with van der Waals surface area (Å²) in [6, 6.07) is 11.0. The van der Waals surface area contributed by atoms with Crippen molar-refractivity contribution in [2.75, 3.05) is 13.6 Å². The number of carbonyl (C=O) groups excluding carboxylic acids is 1. The second-order valence-electron chi connectivity index (χ2n) is 7.15. The highest BCUT2D eigenvalue weighted by atomic mass is 16.5. The van der Waals surface area contributed by atoms with Gasteiger partial charge in [-0.2, -0.15) is 0 Å². The zero-order chi connectivity index (χ0) is 16.9. The summed E-state index contributed by atoms with van der Waals surface area (Å²) in [5, 5.41) is 6.05. The topological polar surface area (TPSA) is 53.6 Å². The summed E-state index contributed by atoms with van der Waals surface area (Å²) >= 11 is 0. The highest BCUT2D eigenvalue weighted by molar-refractivity contribution is 5.74. The van der Waals surface area contributed by atoms with Gasteiger partial charge in [0.1, 0.15) is 0 Å². The van der Waals surface area contributed by atoms with E-state index in [-0.39, 0.29) is 18.2 Å². The van der Waals surface area contributed by atoms with E-state index in [1.165, 1.54) is 5.56 Å². The van der Waals surface area contributed by atoms with E-state index >= 15 is 0 Å². The Morgan fingerprint density at radius 2 is 2.12 bits per heavy atom. The van der Waals surface area contributed by atoms with Gasteiger partial charge in [-0.15, -0.1) is 0 Å². The molecule has 5 heteroatoms. The Balaban J connectivity index is 1.32. The monoisotopic (exact) mass is 331 g/mol. The molecule has 2 fully saturated rings.